The fraction of sp³-hybridized carbons (Fsp3) is 0.100. The number of rotatable bonds is 2. The average Bonchev–Trinajstić information content (AvgIpc) is 2.66. The zero-order chi connectivity index (χ0) is 9.97. The van der Waals surface area contributed by atoms with E-state index in [-0.39, 0.29) is 0 Å². The van der Waals surface area contributed by atoms with Crippen molar-refractivity contribution >= 4 is 11.8 Å². The van der Waals surface area contributed by atoms with Gasteiger partial charge in [-0.25, -0.2) is 4.98 Å². The molecule has 2 aromatic rings. The molecule has 0 aliphatic heterocycles. The zero-order valence-electron chi connectivity index (χ0n) is 7.82. The van der Waals surface area contributed by atoms with Crippen LogP contribution in [-0.4, -0.2) is 15.2 Å². The third-order valence-electron chi connectivity index (χ3n) is 1.88. The van der Waals surface area contributed by atoms with Crippen LogP contribution < -0.4 is 0 Å². The number of benzene rings is 1. The van der Waals surface area contributed by atoms with Crippen molar-refractivity contribution in [1.82, 2.24) is 15.2 Å². The number of aromatic nitrogens is 3. The molecular weight excluding hydrogens is 194 g/mol. The van der Waals surface area contributed by atoms with Gasteiger partial charge in [0.2, 0.25) is 0 Å². The number of nitrogens with zero attached hydrogens (tertiary/aromatic N) is 2. The lowest BCUT2D eigenvalue weighted by molar-refractivity contribution is 0.977. The molecule has 0 saturated carbocycles. The van der Waals surface area contributed by atoms with Crippen LogP contribution in [0.15, 0.2) is 29.4 Å². The van der Waals surface area contributed by atoms with E-state index in [9.17, 15) is 0 Å². The van der Waals surface area contributed by atoms with E-state index in [0.29, 0.717) is 0 Å². The first-order chi connectivity index (χ1) is 6.79. The number of thioether (sulfide) groups is 1. The summed E-state index contributed by atoms with van der Waals surface area (Å²) in [7, 11) is 0. The Morgan fingerprint density at radius 1 is 1.43 bits per heavy atom. The molecule has 0 spiro atoms. The predicted octanol–water partition coefficient (Wildman–Crippen LogP) is 2.66. The van der Waals surface area contributed by atoms with Gasteiger partial charge in [0.15, 0.2) is 11.0 Å². The molecule has 0 saturated heterocycles. The largest absolute Gasteiger partial charge is 0.254 e. The molecule has 0 bridgehead atoms. The van der Waals surface area contributed by atoms with Crippen LogP contribution in [0, 0.1) is 13.2 Å². The zero-order valence-corrected chi connectivity index (χ0v) is 8.64. The molecule has 4 heteroatoms. The minimum absolute atomic E-state index is 0.722. The summed E-state index contributed by atoms with van der Waals surface area (Å²) in [6.07, 6.45) is 3.66. The summed E-state index contributed by atoms with van der Waals surface area (Å²) >= 11 is 1.31. The molecule has 2 rings (SSSR count). The number of hydrogen-bond donors (Lipinski definition) is 1. The summed E-state index contributed by atoms with van der Waals surface area (Å²) in [4.78, 5) is 4.27. The standard InChI is InChI=1S/C10H10N3S/c1-7-4-3-5-8(6-7)9-11-10(14-2)13-12-9/h3-6H,2H2,1H3,(H,11,12,13). The third kappa shape index (κ3) is 1.80. The van der Waals surface area contributed by atoms with E-state index in [1.54, 1.807) is 0 Å². The third-order valence-corrected chi connectivity index (χ3v) is 2.33. The summed E-state index contributed by atoms with van der Waals surface area (Å²) in [6, 6.07) is 8.10. The minimum atomic E-state index is 0.722. The second-order valence-electron chi connectivity index (χ2n) is 2.98. The lowest BCUT2D eigenvalue weighted by Crippen LogP contribution is -1.81. The van der Waals surface area contributed by atoms with E-state index in [2.05, 4.69) is 27.5 Å². The normalized spacial score (nSPS) is 10.4. The average molecular weight is 204 g/mol. The maximum atomic E-state index is 4.27. The molecule has 3 nitrogen and oxygen atoms in total. The van der Waals surface area contributed by atoms with Crippen molar-refractivity contribution in [2.24, 2.45) is 0 Å². The fourth-order valence-electron chi connectivity index (χ4n) is 1.22. The van der Waals surface area contributed by atoms with Crippen molar-refractivity contribution in [1.29, 1.82) is 0 Å². The first-order valence-corrected chi connectivity index (χ1v) is 5.19. The van der Waals surface area contributed by atoms with Crippen LogP contribution >= 0.6 is 11.8 Å². The van der Waals surface area contributed by atoms with Gasteiger partial charge in [-0.15, -0.1) is 0 Å². The monoisotopic (exact) mass is 204 g/mol. The molecule has 0 atom stereocenters. The molecule has 1 N–H and O–H groups in total. The second-order valence-corrected chi connectivity index (χ2v) is 3.65. The van der Waals surface area contributed by atoms with E-state index in [4.69, 9.17) is 0 Å². The van der Waals surface area contributed by atoms with Gasteiger partial charge in [-0.1, -0.05) is 35.5 Å². The second kappa shape index (κ2) is 3.84. The van der Waals surface area contributed by atoms with Gasteiger partial charge >= 0.3 is 0 Å². The maximum absolute atomic E-state index is 4.27. The highest BCUT2D eigenvalue weighted by Crippen LogP contribution is 2.18. The van der Waals surface area contributed by atoms with Crippen LogP contribution in [0.2, 0.25) is 0 Å². The van der Waals surface area contributed by atoms with Crippen molar-refractivity contribution in [2.45, 2.75) is 12.1 Å². The highest BCUT2D eigenvalue weighted by atomic mass is 32.2. The van der Waals surface area contributed by atoms with Crippen LogP contribution in [0.4, 0.5) is 0 Å². The molecule has 1 heterocycles. The van der Waals surface area contributed by atoms with Crippen LogP contribution in [-0.2, 0) is 0 Å². The van der Waals surface area contributed by atoms with E-state index in [1.165, 1.54) is 17.3 Å². The topological polar surface area (TPSA) is 41.6 Å². The van der Waals surface area contributed by atoms with Gasteiger partial charge in [-0.3, -0.25) is 5.10 Å². The molecule has 0 aliphatic rings. The van der Waals surface area contributed by atoms with E-state index < -0.39 is 0 Å². The summed E-state index contributed by atoms with van der Waals surface area (Å²) in [5, 5.41) is 7.65. The minimum Gasteiger partial charge on any atom is -0.254 e. The van der Waals surface area contributed by atoms with Gasteiger partial charge in [0, 0.05) is 11.8 Å². The first-order valence-electron chi connectivity index (χ1n) is 4.21. The van der Waals surface area contributed by atoms with Crippen molar-refractivity contribution in [3.05, 3.63) is 36.1 Å². The Morgan fingerprint density at radius 3 is 2.93 bits per heavy atom. The van der Waals surface area contributed by atoms with Crippen LogP contribution in [0.5, 0.6) is 0 Å². The highest BCUT2D eigenvalue weighted by Gasteiger charge is 2.04. The summed E-state index contributed by atoms with van der Waals surface area (Å²) in [5.74, 6) is 0.722. The molecule has 1 aromatic carbocycles. The lowest BCUT2D eigenvalue weighted by Gasteiger charge is -1.95. The molecular formula is C10H10N3S. The Balaban J connectivity index is 2.39. The Bertz CT molecular complexity index is 436. The van der Waals surface area contributed by atoms with Crippen molar-refractivity contribution < 1.29 is 0 Å². The predicted molar refractivity (Wildman–Crippen MR) is 57.8 cm³/mol. The van der Waals surface area contributed by atoms with Gasteiger partial charge in [-0.05, 0) is 13.0 Å². The number of aromatic amines is 1. The fourth-order valence-corrected chi connectivity index (χ4v) is 1.49. The summed E-state index contributed by atoms with van der Waals surface area (Å²) in [6.45, 7) is 2.05. The summed E-state index contributed by atoms with van der Waals surface area (Å²) in [5.41, 5.74) is 2.23. The Labute approximate surface area is 87.0 Å². The van der Waals surface area contributed by atoms with E-state index in [0.717, 1.165) is 16.5 Å². The quantitative estimate of drug-likeness (QED) is 0.765. The number of nitrogens with one attached hydrogen (secondary N) is 1. The van der Waals surface area contributed by atoms with Gasteiger partial charge in [0.1, 0.15) is 0 Å². The Morgan fingerprint density at radius 2 is 2.29 bits per heavy atom. The molecule has 0 fully saturated rings. The van der Waals surface area contributed by atoms with Crippen LogP contribution in [0.1, 0.15) is 5.56 Å². The number of aryl methyl sites for hydroxylation is 1. The summed E-state index contributed by atoms with van der Waals surface area (Å²) < 4.78 is 0. The smallest absolute Gasteiger partial charge is 0.184 e. The number of hydrogen-bond acceptors (Lipinski definition) is 3. The van der Waals surface area contributed by atoms with Crippen molar-refractivity contribution in [3.8, 4) is 11.4 Å². The van der Waals surface area contributed by atoms with Gasteiger partial charge in [0.25, 0.3) is 0 Å². The van der Waals surface area contributed by atoms with E-state index >= 15 is 0 Å². The Kier molecular flexibility index (Phi) is 2.54. The van der Waals surface area contributed by atoms with Crippen molar-refractivity contribution in [3.63, 3.8) is 0 Å². The highest BCUT2D eigenvalue weighted by molar-refractivity contribution is 8.00. The van der Waals surface area contributed by atoms with Gasteiger partial charge in [0.05, 0.1) is 0 Å². The number of H-pyrrole nitrogens is 1. The molecule has 0 amide bonds. The van der Waals surface area contributed by atoms with Crippen LogP contribution in [0.25, 0.3) is 11.4 Å². The van der Waals surface area contributed by atoms with Gasteiger partial charge < -0.3 is 0 Å². The van der Waals surface area contributed by atoms with Crippen LogP contribution in [0.3, 0.4) is 0 Å². The van der Waals surface area contributed by atoms with E-state index in [1.807, 2.05) is 25.1 Å². The first kappa shape index (κ1) is 9.27. The van der Waals surface area contributed by atoms with Gasteiger partial charge in [-0.2, -0.15) is 5.10 Å². The SMILES string of the molecule is [CH2]Sc1nc(-c2cccc(C)c2)n[nH]1. The Hall–Kier alpha value is -1.29. The molecule has 0 aliphatic carbocycles. The lowest BCUT2D eigenvalue weighted by atomic mass is 10.1. The molecule has 14 heavy (non-hydrogen) atoms. The van der Waals surface area contributed by atoms with Crippen molar-refractivity contribution in [2.75, 3.05) is 0 Å². The molecule has 71 valence electrons. The molecule has 1 radical (unpaired) electrons. The molecule has 1 aromatic heterocycles. The molecule has 0 unspecified atom stereocenters. The maximum Gasteiger partial charge on any atom is 0.184 e.